The van der Waals surface area contributed by atoms with Crippen LogP contribution in [0.3, 0.4) is 0 Å². The Morgan fingerprint density at radius 2 is 2.25 bits per heavy atom. The molecule has 0 saturated heterocycles. The van der Waals surface area contributed by atoms with Crippen LogP contribution in [0.2, 0.25) is 0 Å². The molecule has 0 aliphatic carbocycles. The van der Waals surface area contributed by atoms with Gasteiger partial charge in [-0.3, -0.25) is 0 Å². The van der Waals surface area contributed by atoms with Crippen LogP contribution in [-0.4, -0.2) is 11.1 Å². The van der Waals surface area contributed by atoms with E-state index in [1.807, 2.05) is 13.0 Å². The van der Waals surface area contributed by atoms with E-state index in [1.165, 1.54) is 0 Å². The van der Waals surface area contributed by atoms with Crippen molar-refractivity contribution in [3.63, 3.8) is 0 Å². The van der Waals surface area contributed by atoms with Crippen molar-refractivity contribution in [2.24, 2.45) is 5.73 Å². The molecule has 0 unspecified atom stereocenters. The van der Waals surface area contributed by atoms with Gasteiger partial charge in [0, 0.05) is 10.5 Å². The Kier molecular flexibility index (Phi) is 3.12. The van der Waals surface area contributed by atoms with Crippen LogP contribution >= 0.6 is 15.9 Å². The average molecular weight is 230 g/mol. The molecule has 0 aliphatic rings. The normalized spacial score (nSPS) is 12.9. The van der Waals surface area contributed by atoms with Crippen molar-refractivity contribution in [2.75, 3.05) is 0 Å². The van der Waals surface area contributed by atoms with Crippen LogP contribution in [-0.2, 0) is 6.42 Å². The van der Waals surface area contributed by atoms with Crippen LogP contribution in [0, 0.1) is 0 Å². The number of nitrogens with two attached hydrogens (primary N) is 1. The maximum absolute atomic E-state index is 9.41. The molecule has 3 heteroatoms. The number of rotatable bonds is 2. The molecule has 1 rings (SSSR count). The topological polar surface area (TPSA) is 46.2 Å². The largest absolute Gasteiger partial charge is 0.508 e. The molecule has 0 bridgehead atoms. The summed E-state index contributed by atoms with van der Waals surface area (Å²) in [7, 11) is 0. The van der Waals surface area contributed by atoms with Gasteiger partial charge in [-0.15, -0.1) is 0 Å². The zero-order chi connectivity index (χ0) is 9.14. The molecule has 1 aromatic rings. The highest BCUT2D eigenvalue weighted by Gasteiger charge is 2.03. The number of hydrogen-bond donors (Lipinski definition) is 2. The highest BCUT2D eigenvalue weighted by molar-refractivity contribution is 9.10. The third-order valence-electron chi connectivity index (χ3n) is 1.58. The molecule has 0 saturated carbocycles. The number of halogens is 1. The lowest BCUT2D eigenvalue weighted by atomic mass is 10.1. The lowest BCUT2D eigenvalue weighted by Gasteiger charge is -2.07. The predicted octanol–water partition coefficient (Wildman–Crippen LogP) is 2.04. The summed E-state index contributed by atoms with van der Waals surface area (Å²) >= 11 is 3.33. The zero-order valence-corrected chi connectivity index (χ0v) is 8.51. The van der Waals surface area contributed by atoms with Gasteiger partial charge >= 0.3 is 0 Å². The molecular formula is C9H12BrNO. The Labute approximate surface area is 80.5 Å². The molecule has 0 heterocycles. The van der Waals surface area contributed by atoms with E-state index >= 15 is 0 Å². The minimum atomic E-state index is 0.0743. The number of benzene rings is 1. The standard InChI is InChI=1S/C9H12BrNO/c1-6(11)4-7-5-8(10)2-3-9(7)12/h2-3,5-6,12H,4,11H2,1H3/t6-/m1/s1. The summed E-state index contributed by atoms with van der Waals surface area (Å²) in [6.07, 6.45) is 0.700. The summed E-state index contributed by atoms with van der Waals surface area (Å²) in [5, 5.41) is 9.41. The van der Waals surface area contributed by atoms with Gasteiger partial charge in [-0.2, -0.15) is 0 Å². The summed E-state index contributed by atoms with van der Waals surface area (Å²) in [4.78, 5) is 0. The van der Waals surface area contributed by atoms with Gasteiger partial charge in [0.1, 0.15) is 5.75 Å². The molecule has 66 valence electrons. The Balaban J connectivity index is 2.90. The van der Waals surface area contributed by atoms with Crippen LogP contribution in [0.25, 0.3) is 0 Å². The lowest BCUT2D eigenvalue weighted by Crippen LogP contribution is -2.17. The molecule has 0 aliphatic heterocycles. The smallest absolute Gasteiger partial charge is 0.118 e. The highest BCUT2D eigenvalue weighted by Crippen LogP contribution is 2.22. The fraction of sp³-hybridized carbons (Fsp3) is 0.333. The molecular weight excluding hydrogens is 218 g/mol. The predicted molar refractivity (Wildman–Crippen MR) is 53.2 cm³/mol. The number of phenols is 1. The minimum absolute atomic E-state index is 0.0743. The monoisotopic (exact) mass is 229 g/mol. The first-order valence-electron chi connectivity index (χ1n) is 3.82. The van der Waals surface area contributed by atoms with Crippen LogP contribution < -0.4 is 5.73 Å². The van der Waals surface area contributed by atoms with Crippen LogP contribution in [0.4, 0.5) is 0 Å². The molecule has 3 N–H and O–H groups in total. The summed E-state index contributed by atoms with van der Waals surface area (Å²) < 4.78 is 0.968. The summed E-state index contributed by atoms with van der Waals surface area (Å²) in [5.41, 5.74) is 6.51. The fourth-order valence-corrected chi connectivity index (χ4v) is 1.47. The molecule has 0 spiro atoms. The first-order chi connectivity index (χ1) is 5.59. The van der Waals surface area contributed by atoms with E-state index in [1.54, 1.807) is 12.1 Å². The number of aromatic hydroxyl groups is 1. The van der Waals surface area contributed by atoms with Gasteiger partial charge in [0.25, 0.3) is 0 Å². The fourth-order valence-electron chi connectivity index (χ4n) is 1.06. The van der Waals surface area contributed by atoms with Gasteiger partial charge in [0.2, 0.25) is 0 Å². The molecule has 1 aromatic carbocycles. The first kappa shape index (κ1) is 9.55. The van der Waals surface area contributed by atoms with E-state index in [4.69, 9.17) is 5.73 Å². The molecule has 0 aromatic heterocycles. The van der Waals surface area contributed by atoms with Crippen molar-refractivity contribution in [3.05, 3.63) is 28.2 Å². The van der Waals surface area contributed by atoms with Crippen molar-refractivity contribution >= 4 is 15.9 Å². The van der Waals surface area contributed by atoms with Gasteiger partial charge in [-0.25, -0.2) is 0 Å². The van der Waals surface area contributed by atoms with E-state index in [2.05, 4.69) is 15.9 Å². The first-order valence-corrected chi connectivity index (χ1v) is 4.62. The molecule has 1 atom stereocenters. The third kappa shape index (κ3) is 2.50. The van der Waals surface area contributed by atoms with E-state index in [0.717, 1.165) is 10.0 Å². The second-order valence-electron chi connectivity index (χ2n) is 2.95. The van der Waals surface area contributed by atoms with Gasteiger partial charge in [0.05, 0.1) is 0 Å². The van der Waals surface area contributed by atoms with Crippen molar-refractivity contribution in [1.82, 2.24) is 0 Å². The molecule has 0 radical (unpaired) electrons. The second kappa shape index (κ2) is 3.92. The quantitative estimate of drug-likeness (QED) is 0.816. The van der Waals surface area contributed by atoms with Gasteiger partial charge in [-0.1, -0.05) is 15.9 Å². The van der Waals surface area contributed by atoms with Crippen LogP contribution in [0.15, 0.2) is 22.7 Å². The third-order valence-corrected chi connectivity index (χ3v) is 2.08. The van der Waals surface area contributed by atoms with Crippen LogP contribution in [0.1, 0.15) is 12.5 Å². The zero-order valence-electron chi connectivity index (χ0n) is 6.92. The number of phenolic OH excluding ortho intramolecular Hbond substituents is 1. The van der Waals surface area contributed by atoms with E-state index in [-0.39, 0.29) is 6.04 Å². The molecule has 0 fully saturated rings. The van der Waals surface area contributed by atoms with Crippen molar-refractivity contribution in [2.45, 2.75) is 19.4 Å². The SMILES string of the molecule is C[C@@H](N)Cc1cc(Br)ccc1O. The Bertz CT molecular complexity index is 273. The Morgan fingerprint density at radius 3 is 2.83 bits per heavy atom. The summed E-state index contributed by atoms with van der Waals surface area (Å²) in [6.45, 7) is 1.92. The minimum Gasteiger partial charge on any atom is -0.508 e. The van der Waals surface area contributed by atoms with Crippen molar-refractivity contribution in [1.29, 1.82) is 0 Å². The number of hydrogen-bond acceptors (Lipinski definition) is 2. The summed E-state index contributed by atoms with van der Waals surface area (Å²) in [5.74, 6) is 0.315. The molecule has 12 heavy (non-hydrogen) atoms. The molecule has 0 amide bonds. The Morgan fingerprint density at radius 1 is 1.58 bits per heavy atom. The maximum Gasteiger partial charge on any atom is 0.118 e. The van der Waals surface area contributed by atoms with Crippen LogP contribution in [0.5, 0.6) is 5.75 Å². The van der Waals surface area contributed by atoms with E-state index in [0.29, 0.717) is 12.2 Å². The van der Waals surface area contributed by atoms with E-state index in [9.17, 15) is 5.11 Å². The van der Waals surface area contributed by atoms with E-state index < -0.39 is 0 Å². The maximum atomic E-state index is 9.41. The summed E-state index contributed by atoms with van der Waals surface area (Å²) in [6, 6.07) is 5.44. The van der Waals surface area contributed by atoms with Gasteiger partial charge in [0.15, 0.2) is 0 Å². The van der Waals surface area contributed by atoms with Crippen molar-refractivity contribution in [3.8, 4) is 5.75 Å². The average Bonchev–Trinajstić information content (AvgIpc) is 1.96. The van der Waals surface area contributed by atoms with Crippen molar-refractivity contribution < 1.29 is 5.11 Å². The highest BCUT2D eigenvalue weighted by atomic mass is 79.9. The second-order valence-corrected chi connectivity index (χ2v) is 3.87. The Hall–Kier alpha value is -0.540. The molecule has 2 nitrogen and oxygen atoms in total. The van der Waals surface area contributed by atoms with Gasteiger partial charge in [-0.05, 0) is 37.1 Å². The lowest BCUT2D eigenvalue weighted by molar-refractivity contribution is 0.465. The van der Waals surface area contributed by atoms with Gasteiger partial charge < -0.3 is 10.8 Å².